The Morgan fingerprint density at radius 3 is 3.00 bits per heavy atom. The van der Waals surface area contributed by atoms with Crippen molar-refractivity contribution < 1.29 is 0 Å². The summed E-state index contributed by atoms with van der Waals surface area (Å²) in [6, 6.07) is 1.86. The van der Waals surface area contributed by atoms with Crippen LogP contribution in [-0.4, -0.2) is 27.2 Å². The van der Waals surface area contributed by atoms with Gasteiger partial charge in [-0.1, -0.05) is 11.6 Å². The highest BCUT2D eigenvalue weighted by molar-refractivity contribution is 7.14. The van der Waals surface area contributed by atoms with Gasteiger partial charge in [0.05, 0.1) is 27.2 Å². The average molecular weight is 266 g/mol. The maximum absolute atomic E-state index is 6.14. The van der Waals surface area contributed by atoms with Crippen molar-refractivity contribution in [1.29, 1.82) is 0 Å². The molecule has 0 atom stereocenters. The van der Waals surface area contributed by atoms with Crippen LogP contribution >= 0.6 is 22.9 Å². The van der Waals surface area contributed by atoms with E-state index in [1.165, 1.54) is 0 Å². The molecule has 3 aromatic rings. The van der Waals surface area contributed by atoms with E-state index >= 15 is 0 Å². The Morgan fingerprint density at radius 2 is 2.29 bits per heavy atom. The van der Waals surface area contributed by atoms with Gasteiger partial charge >= 0.3 is 0 Å². The molecule has 0 aromatic carbocycles. The molecule has 0 amide bonds. The Kier molecular flexibility index (Phi) is 2.45. The SMILES string of the molecule is CNc1nc(-c2sccc2Cl)c2cn[nH]c2n1. The number of thiophene rings is 1. The molecule has 3 heterocycles. The summed E-state index contributed by atoms with van der Waals surface area (Å²) < 4.78 is 0. The molecule has 86 valence electrons. The molecule has 17 heavy (non-hydrogen) atoms. The van der Waals surface area contributed by atoms with E-state index in [1.54, 1.807) is 24.6 Å². The molecule has 3 rings (SSSR count). The zero-order valence-electron chi connectivity index (χ0n) is 8.86. The molecular formula is C10H8ClN5S. The number of halogens is 1. The van der Waals surface area contributed by atoms with Gasteiger partial charge in [-0.2, -0.15) is 10.1 Å². The van der Waals surface area contributed by atoms with E-state index in [0.717, 1.165) is 16.0 Å². The molecule has 0 unspecified atom stereocenters. The Bertz CT molecular complexity index is 674. The number of nitrogens with zero attached hydrogens (tertiary/aromatic N) is 3. The summed E-state index contributed by atoms with van der Waals surface area (Å²) in [5, 5.41) is 13.2. The Balaban J connectivity index is 2.34. The second kappa shape index (κ2) is 3.97. The first-order chi connectivity index (χ1) is 8.29. The van der Waals surface area contributed by atoms with E-state index in [9.17, 15) is 0 Å². The smallest absolute Gasteiger partial charge is 0.225 e. The van der Waals surface area contributed by atoms with Crippen molar-refractivity contribution in [3.05, 3.63) is 22.7 Å². The summed E-state index contributed by atoms with van der Waals surface area (Å²) >= 11 is 7.68. The predicted molar refractivity (Wildman–Crippen MR) is 69.6 cm³/mol. The van der Waals surface area contributed by atoms with Gasteiger partial charge in [0, 0.05) is 7.05 Å². The Labute approximate surface area is 106 Å². The minimum atomic E-state index is 0.543. The minimum Gasteiger partial charge on any atom is -0.357 e. The summed E-state index contributed by atoms with van der Waals surface area (Å²) in [7, 11) is 1.78. The van der Waals surface area contributed by atoms with Gasteiger partial charge in [0.1, 0.15) is 0 Å². The molecule has 5 nitrogen and oxygen atoms in total. The van der Waals surface area contributed by atoms with Crippen LogP contribution in [0, 0.1) is 0 Å². The molecule has 7 heteroatoms. The van der Waals surface area contributed by atoms with E-state index in [0.29, 0.717) is 16.6 Å². The van der Waals surface area contributed by atoms with Crippen LogP contribution < -0.4 is 5.32 Å². The summed E-state index contributed by atoms with van der Waals surface area (Å²) in [6.07, 6.45) is 1.71. The van der Waals surface area contributed by atoms with Crippen LogP contribution in [-0.2, 0) is 0 Å². The molecular weight excluding hydrogens is 258 g/mol. The third kappa shape index (κ3) is 1.65. The van der Waals surface area contributed by atoms with E-state index in [4.69, 9.17) is 11.6 Å². The topological polar surface area (TPSA) is 66.5 Å². The lowest BCUT2D eigenvalue weighted by Crippen LogP contribution is -1.98. The minimum absolute atomic E-state index is 0.543. The summed E-state index contributed by atoms with van der Waals surface area (Å²) in [5.41, 5.74) is 1.50. The van der Waals surface area contributed by atoms with Crippen LogP contribution in [0.4, 0.5) is 5.95 Å². The normalized spacial score (nSPS) is 10.9. The second-order valence-electron chi connectivity index (χ2n) is 3.38. The predicted octanol–water partition coefficient (Wildman–Crippen LogP) is 2.78. The maximum atomic E-state index is 6.14. The monoisotopic (exact) mass is 265 g/mol. The van der Waals surface area contributed by atoms with E-state index < -0.39 is 0 Å². The molecule has 2 N–H and O–H groups in total. The highest BCUT2D eigenvalue weighted by Gasteiger charge is 2.14. The zero-order valence-corrected chi connectivity index (χ0v) is 10.4. The lowest BCUT2D eigenvalue weighted by atomic mass is 10.2. The zero-order chi connectivity index (χ0) is 11.8. The van der Waals surface area contributed by atoms with Crippen molar-refractivity contribution in [1.82, 2.24) is 20.2 Å². The van der Waals surface area contributed by atoms with Crippen molar-refractivity contribution in [2.45, 2.75) is 0 Å². The molecule has 0 radical (unpaired) electrons. The highest BCUT2D eigenvalue weighted by atomic mass is 35.5. The van der Waals surface area contributed by atoms with E-state index in [2.05, 4.69) is 25.5 Å². The molecule has 0 saturated heterocycles. The average Bonchev–Trinajstić information content (AvgIpc) is 2.95. The van der Waals surface area contributed by atoms with Crippen LogP contribution in [0.5, 0.6) is 0 Å². The summed E-state index contributed by atoms with van der Waals surface area (Å²) in [5.74, 6) is 0.543. The first kappa shape index (κ1) is 10.5. The van der Waals surface area contributed by atoms with E-state index in [1.807, 2.05) is 11.4 Å². The lowest BCUT2D eigenvalue weighted by molar-refractivity contribution is 1.09. The van der Waals surface area contributed by atoms with Crippen molar-refractivity contribution in [2.75, 3.05) is 12.4 Å². The third-order valence-electron chi connectivity index (χ3n) is 2.37. The molecule has 0 fully saturated rings. The molecule has 3 aromatic heterocycles. The number of aromatic nitrogens is 4. The quantitative estimate of drug-likeness (QED) is 0.748. The number of nitrogens with one attached hydrogen (secondary N) is 2. The lowest BCUT2D eigenvalue weighted by Gasteiger charge is -2.03. The maximum Gasteiger partial charge on any atom is 0.225 e. The Morgan fingerprint density at radius 1 is 1.41 bits per heavy atom. The van der Waals surface area contributed by atoms with Crippen LogP contribution in [0.25, 0.3) is 21.6 Å². The van der Waals surface area contributed by atoms with Crippen molar-refractivity contribution in [2.24, 2.45) is 0 Å². The van der Waals surface area contributed by atoms with Gasteiger partial charge in [0.15, 0.2) is 5.65 Å². The molecule has 0 spiro atoms. The Hall–Kier alpha value is -1.66. The first-order valence-electron chi connectivity index (χ1n) is 4.92. The largest absolute Gasteiger partial charge is 0.357 e. The van der Waals surface area contributed by atoms with Gasteiger partial charge in [-0.25, -0.2) is 4.98 Å². The highest BCUT2D eigenvalue weighted by Crippen LogP contribution is 2.35. The third-order valence-corrected chi connectivity index (χ3v) is 3.71. The molecule has 0 saturated carbocycles. The van der Waals surface area contributed by atoms with Crippen LogP contribution in [0.1, 0.15) is 0 Å². The number of aromatic amines is 1. The molecule has 0 aliphatic heterocycles. The number of fused-ring (bicyclic) bond motifs is 1. The van der Waals surface area contributed by atoms with Gasteiger partial charge in [-0.15, -0.1) is 11.3 Å². The standard InChI is InChI=1S/C10H8ClN5S/c1-12-10-14-7(8-6(11)2-3-17-8)5-4-13-16-9(5)15-10/h2-4H,1H3,(H2,12,13,14,15,16). The number of hydrogen-bond donors (Lipinski definition) is 2. The summed E-state index contributed by atoms with van der Waals surface area (Å²) in [6.45, 7) is 0. The van der Waals surface area contributed by atoms with E-state index in [-0.39, 0.29) is 0 Å². The molecule has 0 aliphatic carbocycles. The summed E-state index contributed by atoms with van der Waals surface area (Å²) in [4.78, 5) is 9.64. The molecule has 0 bridgehead atoms. The van der Waals surface area contributed by atoms with Gasteiger partial charge in [0.2, 0.25) is 5.95 Å². The van der Waals surface area contributed by atoms with Gasteiger partial charge in [0.25, 0.3) is 0 Å². The van der Waals surface area contributed by atoms with Crippen LogP contribution in [0.15, 0.2) is 17.6 Å². The number of H-pyrrole nitrogens is 1. The van der Waals surface area contributed by atoms with Gasteiger partial charge < -0.3 is 5.32 Å². The number of rotatable bonds is 2. The van der Waals surface area contributed by atoms with Crippen molar-refractivity contribution >= 4 is 39.9 Å². The fourth-order valence-electron chi connectivity index (χ4n) is 1.58. The van der Waals surface area contributed by atoms with Gasteiger partial charge in [-0.3, -0.25) is 5.10 Å². The second-order valence-corrected chi connectivity index (χ2v) is 4.70. The van der Waals surface area contributed by atoms with Crippen molar-refractivity contribution in [3.63, 3.8) is 0 Å². The molecule has 0 aliphatic rings. The number of hydrogen-bond acceptors (Lipinski definition) is 5. The van der Waals surface area contributed by atoms with Crippen molar-refractivity contribution in [3.8, 4) is 10.6 Å². The number of anilines is 1. The first-order valence-corrected chi connectivity index (χ1v) is 6.17. The van der Waals surface area contributed by atoms with Crippen LogP contribution in [0.2, 0.25) is 5.02 Å². The fourth-order valence-corrected chi connectivity index (χ4v) is 2.73. The fraction of sp³-hybridized carbons (Fsp3) is 0.100. The van der Waals surface area contributed by atoms with Crippen LogP contribution in [0.3, 0.4) is 0 Å². The van der Waals surface area contributed by atoms with Gasteiger partial charge in [-0.05, 0) is 11.4 Å².